The maximum Gasteiger partial charge on any atom is 0.264 e. The van der Waals surface area contributed by atoms with Crippen LogP contribution in [0.15, 0.2) is 18.2 Å². The third-order valence-electron chi connectivity index (χ3n) is 3.49. The van der Waals surface area contributed by atoms with Gasteiger partial charge in [0, 0.05) is 38.3 Å². The predicted octanol–water partition coefficient (Wildman–Crippen LogP) is 2.08. The maximum atomic E-state index is 13.0. The number of halogens is 2. The Labute approximate surface area is 112 Å². The lowest BCUT2D eigenvalue weighted by atomic mass is 10.0. The van der Waals surface area contributed by atoms with E-state index >= 15 is 0 Å². The number of ether oxygens (including phenoxy) is 1. The van der Waals surface area contributed by atoms with Crippen molar-refractivity contribution >= 4 is 0 Å². The highest BCUT2D eigenvalue weighted by atomic mass is 19.3. The molecule has 1 heterocycles. The molecule has 0 amide bonds. The molecule has 1 N–H and O–H groups in total. The SMILES string of the molecule is COc1ccc(C(F)F)c(CCN2CCNCC2)c1. The molecular formula is C14H20F2N2O. The van der Waals surface area contributed by atoms with Crippen LogP contribution < -0.4 is 10.1 Å². The van der Waals surface area contributed by atoms with Crippen molar-refractivity contribution in [2.45, 2.75) is 12.8 Å². The Morgan fingerprint density at radius 2 is 2.05 bits per heavy atom. The van der Waals surface area contributed by atoms with Gasteiger partial charge in [0.1, 0.15) is 5.75 Å². The van der Waals surface area contributed by atoms with Gasteiger partial charge in [0.15, 0.2) is 0 Å². The first-order valence-electron chi connectivity index (χ1n) is 6.58. The molecule has 1 aliphatic heterocycles. The third kappa shape index (κ3) is 3.88. The summed E-state index contributed by atoms with van der Waals surface area (Å²) in [5.74, 6) is 0.639. The van der Waals surface area contributed by atoms with Crippen molar-refractivity contribution < 1.29 is 13.5 Å². The van der Waals surface area contributed by atoms with Gasteiger partial charge < -0.3 is 15.0 Å². The summed E-state index contributed by atoms with van der Waals surface area (Å²) >= 11 is 0. The van der Waals surface area contributed by atoms with Gasteiger partial charge in [-0.05, 0) is 30.2 Å². The molecule has 0 unspecified atom stereocenters. The zero-order chi connectivity index (χ0) is 13.7. The first-order chi connectivity index (χ1) is 9.20. The van der Waals surface area contributed by atoms with Gasteiger partial charge in [-0.1, -0.05) is 0 Å². The van der Waals surface area contributed by atoms with E-state index in [0.29, 0.717) is 17.7 Å². The minimum Gasteiger partial charge on any atom is -0.497 e. The molecule has 0 spiro atoms. The summed E-state index contributed by atoms with van der Waals surface area (Å²) < 4.78 is 31.0. The van der Waals surface area contributed by atoms with E-state index in [2.05, 4.69) is 10.2 Å². The first-order valence-corrected chi connectivity index (χ1v) is 6.58. The molecule has 1 aromatic carbocycles. The maximum absolute atomic E-state index is 13.0. The first kappa shape index (κ1) is 14.2. The zero-order valence-corrected chi connectivity index (χ0v) is 11.2. The molecule has 0 aliphatic carbocycles. The molecule has 106 valence electrons. The quantitative estimate of drug-likeness (QED) is 0.886. The Balaban J connectivity index is 2.03. The molecule has 3 nitrogen and oxygen atoms in total. The lowest BCUT2D eigenvalue weighted by Gasteiger charge is -2.27. The van der Waals surface area contributed by atoms with Crippen LogP contribution in [-0.2, 0) is 6.42 Å². The van der Waals surface area contributed by atoms with E-state index in [1.165, 1.54) is 6.07 Å². The number of nitrogens with zero attached hydrogens (tertiary/aromatic N) is 1. The van der Waals surface area contributed by atoms with E-state index in [4.69, 9.17) is 4.74 Å². The Morgan fingerprint density at radius 1 is 1.32 bits per heavy atom. The fraction of sp³-hybridized carbons (Fsp3) is 0.571. The lowest BCUT2D eigenvalue weighted by molar-refractivity contribution is 0.149. The van der Waals surface area contributed by atoms with Crippen LogP contribution in [0, 0.1) is 0 Å². The predicted molar refractivity (Wildman–Crippen MR) is 71.0 cm³/mol. The molecule has 5 heteroatoms. The number of piperazine rings is 1. The highest BCUT2D eigenvalue weighted by molar-refractivity contribution is 5.36. The molecule has 0 radical (unpaired) electrons. The van der Waals surface area contributed by atoms with Crippen molar-refractivity contribution in [3.8, 4) is 5.75 Å². The molecule has 0 aromatic heterocycles. The van der Waals surface area contributed by atoms with Crippen LogP contribution in [0.5, 0.6) is 5.75 Å². The third-order valence-corrected chi connectivity index (χ3v) is 3.49. The molecule has 1 saturated heterocycles. The van der Waals surface area contributed by atoms with E-state index in [9.17, 15) is 8.78 Å². The Morgan fingerprint density at radius 3 is 2.68 bits per heavy atom. The van der Waals surface area contributed by atoms with Crippen molar-refractivity contribution in [3.05, 3.63) is 29.3 Å². The Kier molecular flexibility index (Phi) is 5.10. The van der Waals surface area contributed by atoms with Crippen LogP contribution in [-0.4, -0.2) is 44.7 Å². The highest BCUT2D eigenvalue weighted by Crippen LogP contribution is 2.27. The number of alkyl halides is 2. The summed E-state index contributed by atoms with van der Waals surface area (Å²) in [6.07, 6.45) is -1.79. The van der Waals surface area contributed by atoms with Gasteiger partial charge in [-0.25, -0.2) is 8.78 Å². The molecule has 19 heavy (non-hydrogen) atoms. The topological polar surface area (TPSA) is 24.5 Å². The minimum absolute atomic E-state index is 0.121. The van der Waals surface area contributed by atoms with Gasteiger partial charge in [0.25, 0.3) is 6.43 Å². The normalized spacial score (nSPS) is 16.8. The summed E-state index contributed by atoms with van der Waals surface area (Å²) in [5, 5.41) is 3.28. The molecule has 1 aliphatic rings. The monoisotopic (exact) mass is 270 g/mol. The van der Waals surface area contributed by atoms with Gasteiger partial charge in [-0.3, -0.25) is 0 Å². The average molecular weight is 270 g/mol. The van der Waals surface area contributed by atoms with Crippen LogP contribution in [0.25, 0.3) is 0 Å². The highest BCUT2D eigenvalue weighted by Gasteiger charge is 2.15. The standard InChI is InChI=1S/C14H20F2N2O/c1-19-12-2-3-13(14(15)16)11(10-12)4-7-18-8-5-17-6-9-18/h2-3,10,14,17H,4-9H2,1H3. The van der Waals surface area contributed by atoms with Gasteiger partial charge in [0.2, 0.25) is 0 Å². The smallest absolute Gasteiger partial charge is 0.264 e. The molecule has 1 fully saturated rings. The fourth-order valence-electron chi connectivity index (χ4n) is 2.35. The van der Waals surface area contributed by atoms with Crippen molar-refractivity contribution in [2.75, 3.05) is 39.8 Å². The Bertz CT molecular complexity index is 406. The summed E-state index contributed by atoms with van der Waals surface area (Å²) in [7, 11) is 1.55. The average Bonchev–Trinajstić information content (AvgIpc) is 2.45. The second-order valence-electron chi connectivity index (χ2n) is 4.71. The minimum atomic E-state index is -2.43. The van der Waals surface area contributed by atoms with Crippen molar-refractivity contribution in [3.63, 3.8) is 0 Å². The lowest BCUT2D eigenvalue weighted by Crippen LogP contribution is -2.44. The second kappa shape index (κ2) is 6.82. The van der Waals surface area contributed by atoms with E-state index in [1.807, 2.05) is 0 Å². The van der Waals surface area contributed by atoms with Crippen LogP contribution in [0.1, 0.15) is 17.6 Å². The zero-order valence-electron chi connectivity index (χ0n) is 11.2. The van der Waals surface area contributed by atoms with Gasteiger partial charge in [0.05, 0.1) is 7.11 Å². The van der Waals surface area contributed by atoms with Crippen molar-refractivity contribution in [1.82, 2.24) is 10.2 Å². The summed E-state index contributed by atoms with van der Waals surface area (Å²) in [4.78, 5) is 2.30. The number of methoxy groups -OCH3 is 1. The summed E-state index contributed by atoms with van der Waals surface area (Å²) in [5.41, 5.74) is 0.809. The number of rotatable bonds is 5. The van der Waals surface area contributed by atoms with E-state index in [-0.39, 0.29) is 5.56 Å². The summed E-state index contributed by atoms with van der Waals surface area (Å²) in [6, 6.07) is 4.79. The molecule has 0 atom stereocenters. The number of nitrogens with one attached hydrogen (secondary N) is 1. The molecule has 0 saturated carbocycles. The van der Waals surface area contributed by atoms with Crippen LogP contribution in [0.3, 0.4) is 0 Å². The van der Waals surface area contributed by atoms with Crippen LogP contribution in [0.2, 0.25) is 0 Å². The van der Waals surface area contributed by atoms with E-state index in [1.54, 1.807) is 19.2 Å². The molecule has 0 bridgehead atoms. The molecule has 1 aromatic rings. The van der Waals surface area contributed by atoms with Crippen LogP contribution >= 0.6 is 0 Å². The number of benzene rings is 1. The summed E-state index contributed by atoms with van der Waals surface area (Å²) in [6.45, 7) is 4.72. The largest absolute Gasteiger partial charge is 0.497 e. The van der Waals surface area contributed by atoms with Crippen molar-refractivity contribution in [1.29, 1.82) is 0 Å². The van der Waals surface area contributed by atoms with Crippen molar-refractivity contribution in [2.24, 2.45) is 0 Å². The molecule has 2 rings (SSSR count). The number of hydrogen-bond acceptors (Lipinski definition) is 3. The van der Waals surface area contributed by atoms with Gasteiger partial charge in [-0.2, -0.15) is 0 Å². The molecular weight excluding hydrogens is 250 g/mol. The number of hydrogen-bond donors (Lipinski definition) is 1. The Hall–Kier alpha value is -1.20. The van der Waals surface area contributed by atoms with Gasteiger partial charge >= 0.3 is 0 Å². The van der Waals surface area contributed by atoms with E-state index in [0.717, 1.165) is 32.7 Å². The fourth-order valence-corrected chi connectivity index (χ4v) is 2.35. The van der Waals surface area contributed by atoms with E-state index < -0.39 is 6.43 Å². The van der Waals surface area contributed by atoms with Crippen LogP contribution in [0.4, 0.5) is 8.78 Å². The second-order valence-corrected chi connectivity index (χ2v) is 4.71. The van der Waals surface area contributed by atoms with Gasteiger partial charge in [-0.15, -0.1) is 0 Å².